The molecule has 0 spiro atoms. The van der Waals surface area contributed by atoms with Crippen molar-refractivity contribution in [2.45, 2.75) is 12.8 Å². The number of hydrogen-bond acceptors (Lipinski definition) is 3. The fourth-order valence-corrected chi connectivity index (χ4v) is 1.80. The van der Waals surface area contributed by atoms with Gasteiger partial charge in [0.1, 0.15) is 0 Å². The molecule has 0 unspecified atom stereocenters. The Morgan fingerprint density at radius 1 is 1.04 bits per heavy atom. The third kappa shape index (κ3) is 5.63. The lowest BCUT2D eigenvalue weighted by Crippen LogP contribution is -2.29. The summed E-state index contributed by atoms with van der Waals surface area (Å²) in [6.07, 6.45) is -4.42. The standard InChI is InChI=1S/C16H15F3N2O2/c17-16(18,19)13-7-4-8-14(9-13)20-10-15(22)21-23-11-12-5-2-1-3-6-12/h1-9,20H,10-11H2,(H,21,22). The average molecular weight is 324 g/mol. The normalized spacial score (nSPS) is 11.1. The van der Waals surface area contributed by atoms with Gasteiger partial charge in [0, 0.05) is 5.69 Å². The number of hydroxylamine groups is 1. The van der Waals surface area contributed by atoms with Gasteiger partial charge in [0.25, 0.3) is 5.91 Å². The first-order valence-electron chi connectivity index (χ1n) is 6.81. The summed E-state index contributed by atoms with van der Waals surface area (Å²) in [5.41, 5.74) is 2.54. The summed E-state index contributed by atoms with van der Waals surface area (Å²) >= 11 is 0. The maximum absolute atomic E-state index is 12.6. The Morgan fingerprint density at radius 3 is 2.48 bits per heavy atom. The van der Waals surface area contributed by atoms with Crippen LogP contribution in [0.25, 0.3) is 0 Å². The van der Waals surface area contributed by atoms with Gasteiger partial charge in [-0.15, -0.1) is 0 Å². The molecule has 122 valence electrons. The minimum atomic E-state index is -4.42. The highest BCUT2D eigenvalue weighted by atomic mass is 19.4. The van der Waals surface area contributed by atoms with Crippen LogP contribution < -0.4 is 10.8 Å². The van der Waals surface area contributed by atoms with Crippen molar-refractivity contribution in [3.8, 4) is 0 Å². The highest BCUT2D eigenvalue weighted by Gasteiger charge is 2.30. The zero-order valence-electron chi connectivity index (χ0n) is 12.1. The number of carbonyl (C=O) groups excluding carboxylic acids is 1. The van der Waals surface area contributed by atoms with E-state index in [1.165, 1.54) is 12.1 Å². The third-order valence-electron chi connectivity index (χ3n) is 2.91. The molecular formula is C16H15F3N2O2. The SMILES string of the molecule is O=C(CNc1cccc(C(F)(F)F)c1)NOCc1ccccc1. The van der Waals surface area contributed by atoms with E-state index in [2.05, 4.69) is 10.8 Å². The van der Waals surface area contributed by atoms with Crippen molar-refractivity contribution in [3.63, 3.8) is 0 Å². The first kappa shape index (κ1) is 16.8. The van der Waals surface area contributed by atoms with Crippen LogP contribution in [-0.4, -0.2) is 12.5 Å². The molecule has 0 aliphatic rings. The second kappa shape index (κ2) is 7.64. The monoisotopic (exact) mass is 324 g/mol. The molecule has 0 radical (unpaired) electrons. The molecule has 7 heteroatoms. The van der Waals surface area contributed by atoms with Crippen LogP contribution in [0.3, 0.4) is 0 Å². The van der Waals surface area contributed by atoms with Crippen LogP contribution in [0.2, 0.25) is 0 Å². The molecule has 0 aromatic heterocycles. The molecular weight excluding hydrogens is 309 g/mol. The molecule has 0 aliphatic carbocycles. The second-order valence-electron chi connectivity index (χ2n) is 4.73. The third-order valence-corrected chi connectivity index (χ3v) is 2.91. The Kier molecular flexibility index (Phi) is 5.59. The van der Waals surface area contributed by atoms with Crippen LogP contribution in [0.1, 0.15) is 11.1 Å². The molecule has 2 aromatic rings. The Balaban J connectivity index is 1.76. The van der Waals surface area contributed by atoms with Crippen molar-refractivity contribution >= 4 is 11.6 Å². The van der Waals surface area contributed by atoms with Gasteiger partial charge in [0.2, 0.25) is 0 Å². The number of alkyl halides is 3. The molecule has 0 bridgehead atoms. The number of hydrogen-bond donors (Lipinski definition) is 2. The molecule has 1 amide bonds. The molecule has 23 heavy (non-hydrogen) atoms. The van der Waals surface area contributed by atoms with E-state index < -0.39 is 17.6 Å². The van der Waals surface area contributed by atoms with Crippen LogP contribution in [0.5, 0.6) is 0 Å². The van der Waals surface area contributed by atoms with Gasteiger partial charge in [-0.25, -0.2) is 5.48 Å². The summed E-state index contributed by atoms with van der Waals surface area (Å²) in [7, 11) is 0. The molecule has 2 N–H and O–H groups in total. The summed E-state index contributed by atoms with van der Waals surface area (Å²) in [6.45, 7) is 0.00619. The number of benzene rings is 2. The summed E-state index contributed by atoms with van der Waals surface area (Å²) in [5, 5.41) is 2.61. The first-order valence-corrected chi connectivity index (χ1v) is 6.81. The molecule has 0 saturated carbocycles. The quantitative estimate of drug-likeness (QED) is 0.801. The molecule has 0 saturated heterocycles. The van der Waals surface area contributed by atoms with Gasteiger partial charge in [-0.2, -0.15) is 13.2 Å². The Hall–Kier alpha value is -2.54. The summed E-state index contributed by atoms with van der Waals surface area (Å²) in [6, 6.07) is 13.9. The van der Waals surface area contributed by atoms with Gasteiger partial charge in [-0.3, -0.25) is 9.63 Å². The van der Waals surface area contributed by atoms with Crippen molar-refractivity contribution < 1.29 is 22.8 Å². The van der Waals surface area contributed by atoms with Crippen molar-refractivity contribution in [3.05, 3.63) is 65.7 Å². The molecule has 2 rings (SSSR count). The van der Waals surface area contributed by atoms with Gasteiger partial charge in [0.15, 0.2) is 0 Å². The number of carbonyl (C=O) groups is 1. The number of amides is 1. The highest BCUT2D eigenvalue weighted by molar-refractivity contribution is 5.79. The van der Waals surface area contributed by atoms with Crippen LogP contribution in [0, 0.1) is 0 Å². The summed E-state index contributed by atoms with van der Waals surface area (Å²) < 4.78 is 37.7. The van der Waals surface area contributed by atoms with E-state index in [0.717, 1.165) is 17.7 Å². The largest absolute Gasteiger partial charge is 0.416 e. The Morgan fingerprint density at radius 2 is 1.78 bits per heavy atom. The van der Waals surface area contributed by atoms with Gasteiger partial charge in [-0.1, -0.05) is 36.4 Å². The van der Waals surface area contributed by atoms with Gasteiger partial charge < -0.3 is 5.32 Å². The molecule has 4 nitrogen and oxygen atoms in total. The predicted octanol–water partition coefficient (Wildman–Crippen LogP) is 3.37. The van der Waals surface area contributed by atoms with E-state index in [9.17, 15) is 18.0 Å². The van der Waals surface area contributed by atoms with Crippen molar-refractivity contribution in [2.24, 2.45) is 0 Å². The molecule has 0 heterocycles. The van der Waals surface area contributed by atoms with E-state index in [4.69, 9.17) is 4.84 Å². The number of nitrogens with one attached hydrogen (secondary N) is 2. The molecule has 0 fully saturated rings. The fraction of sp³-hybridized carbons (Fsp3) is 0.188. The average Bonchev–Trinajstić information content (AvgIpc) is 2.53. The van der Waals surface area contributed by atoms with Gasteiger partial charge in [-0.05, 0) is 23.8 Å². The lowest BCUT2D eigenvalue weighted by atomic mass is 10.2. The zero-order valence-corrected chi connectivity index (χ0v) is 12.1. The Bertz CT molecular complexity index is 645. The molecule has 0 aliphatic heterocycles. The van der Waals surface area contributed by atoms with Crippen molar-refractivity contribution in [1.82, 2.24) is 5.48 Å². The lowest BCUT2D eigenvalue weighted by Gasteiger charge is -2.11. The number of halogens is 3. The van der Waals surface area contributed by atoms with E-state index in [1.807, 2.05) is 30.3 Å². The van der Waals surface area contributed by atoms with Crippen molar-refractivity contribution in [1.29, 1.82) is 0 Å². The van der Waals surface area contributed by atoms with E-state index in [0.29, 0.717) is 0 Å². The summed E-state index contributed by atoms with van der Waals surface area (Å²) in [4.78, 5) is 16.6. The zero-order chi connectivity index (χ0) is 16.7. The van der Waals surface area contributed by atoms with E-state index >= 15 is 0 Å². The van der Waals surface area contributed by atoms with E-state index in [1.54, 1.807) is 0 Å². The van der Waals surface area contributed by atoms with E-state index in [-0.39, 0.29) is 18.8 Å². The van der Waals surface area contributed by atoms with Gasteiger partial charge >= 0.3 is 6.18 Å². The number of rotatable bonds is 6. The minimum absolute atomic E-state index is 0.198. The smallest absolute Gasteiger partial charge is 0.376 e. The summed E-state index contributed by atoms with van der Waals surface area (Å²) in [5.74, 6) is -0.488. The molecule has 0 atom stereocenters. The predicted molar refractivity (Wildman–Crippen MR) is 79.3 cm³/mol. The van der Waals surface area contributed by atoms with Crippen LogP contribution in [0.15, 0.2) is 54.6 Å². The van der Waals surface area contributed by atoms with Crippen LogP contribution in [0.4, 0.5) is 18.9 Å². The Labute approximate surface area is 131 Å². The number of anilines is 1. The van der Waals surface area contributed by atoms with Gasteiger partial charge in [0.05, 0.1) is 18.7 Å². The van der Waals surface area contributed by atoms with Crippen molar-refractivity contribution in [2.75, 3.05) is 11.9 Å². The maximum Gasteiger partial charge on any atom is 0.416 e. The van der Waals surface area contributed by atoms with Crippen LogP contribution in [-0.2, 0) is 22.4 Å². The topological polar surface area (TPSA) is 50.4 Å². The molecule has 2 aromatic carbocycles. The van der Waals surface area contributed by atoms with Crippen LogP contribution >= 0.6 is 0 Å². The fourth-order valence-electron chi connectivity index (χ4n) is 1.80. The highest BCUT2D eigenvalue weighted by Crippen LogP contribution is 2.30. The lowest BCUT2D eigenvalue weighted by molar-refractivity contribution is -0.137. The maximum atomic E-state index is 12.6. The first-order chi connectivity index (χ1) is 10.9. The minimum Gasteiger partial charge on any atom is -0.376 e. The second-order valence-corrected chi connectivity index (χ2v) is 4.73.